The van der Waals surface area contributed by atoms with Gasteiger partial charge >= 0.3 is 0 Å². The van der Waals surface area contributed by atoms with Crippen molar-refractivity contribution in [3.63, 3.8) is 0 Å². The van der Waals surface area contributed by atoms with Crippen molar-refractivity contribution in [3.8, 4) is 33.4 Å². The molecule has 0 radical (unpaired) electrons. The predicted octanol–water partition coefficient (Wildman–Crippen LogP) is 13.7. The molecule has 3 heterocycles. The third-order valence-electron chi connectivity index (χ3n) is 11.2. The Hall–Kier alpha value is -6.06. The molecule has 0 bridgehead atoms. The Morgan fingerprint density at radius 2 is 0.558 bits per heavy atom. The van der Waals surface area contributed by atoms with Crippen molar-refractivity contribution < 1.29 is 0 Å². The lowest BCUT2D eigenvalue weighted by Gasteiger charge is -2.13. The van der Waals surface area contributed by atoms with Crippen LogP contribution < -0.4 is 0 Å². The molecular formula is C49H43N3. The summed E-state index contributed by atoms with van der Waals surface area (Å²) in [6.45, 7) is 9.51. The van der Waals surface area contributed by atoms with Gasteiger partial charge in [0.1, 0.15) is 0 Å². The fraction of sp³-hybridized carbons (Fsp3) is 0.143. The van der Waals surface area contributed by atoms with Gasteiger partial charge in [-0.05, 0) is 109 Å². The van der Waals surface area contributed by atoms with Crippen LogP contribution in [-0.2, 0) is 19.6 Å². The summed E-state index contributed by atoms with van der Waals surface area (Å²) in [4.78, 5) is 0. The van der Waals surface area contributed by atoms with E-state index in [1.54, 1.807) is 0 Å². The standard InChI is InChI=1S/C48H39N3.CH4/c1-4-49-43-16-10-7-13-37(43)40-22-19-31(28-46(40)49)34-25-35(32-20-23-41-38-14-8-11-17-44(38)50(5-2)47(41)29-32)27-36(26-34)33-21-24-42-39-15-9-12-18-45(39)51(6-3)48(42)30-33;/h7-30H,4-6H2,1-3H3;1H4. The molecule has 52 heavy (non-hydrogen) atoms. The van der Waals surface area contributed by atoms with Gasteiger partial charge in [-0.15, -0.1) is 0 Å². The molecule has 7 aromatic carbocycles. The summed E-state index contributed by atoms with van der Waals surface area (Å²) in [7, 11) is 0. The second kappa shape index (κ2) is 12.3. The van der Waals surface area contributed by atoms with Gasteiger partial charge in [-0.25, -0.2) is 0 Å². The summed E-state index contributed by atoms with van der Waals surface area (Å²) < 4.78 is 7.36. The largest absolute Gasteiger partial charge is 0.341 e. The summed E-state index contributed by atoms with van der Waals surface area (Å²) in [5, 5.41) is 7.87. The summed E-state index contributed by atoms with van der Waals surface area (Å²) >= 11 is 0. The summed E-state index contributed by atoms with van der Waals surface area (Å²) in [6.07, 6.45) is 0. The first-order valence-electron chi connectivity index (χ1n) is 18.3. The highest BCUT2D eigenvalue weighted by Crippen LogP contribution is 2.40. The Labute approximate surface area is 305 Å². The van der Waals surface area contributed by atoms with Gasteiger partial charge in [-0.3, -0.25) is 0 Å². The Morgan fingerprint density at radius 1 is 0.288 bits per heavy atom. The summed E-state index contributed by atoms with van der Waals surface area (Å²) in [6, 6.07) is 54.7. The molecular weight excluding hydrogens is 631 g/mol. The van der Waals surface area contributed by atoms with Gasteiger partial charge in [0.25, 0.3) is 0 Å². The van der Waals surface area contributed by atoms with E-state index in [0.717, 1.165) is 19.6 Å². The molecule has 0 N–H and O–H groups in total. The Kier molecular flexibility index (Phi) is 7.55. The molecule has 0 aliphatic rings. The van der Waals surface area contributed by atoms with Crippen LogP contribution in [0.3, 0.4) is 0 Å². The Morgan fingerprint density at radius 3 is 0.846 bits per heavy atom. The number of hydrogen-bond donors (Lipinski definition) is 0. The molecule has 0 aliphatic heterocycles. The molecule has 0 atom stereocenters. The first-order chi connectivity index (χ1) is 25.1. The van der Waals surface area contributed by atoms with Gasteiger partial charge in [-0.2, -0.15) is 0 Å². The quantitative estimate of drug-likeness (QED) is 0.167. The van der Waals surface area contributed by atoms with Crippen LogP contribution in [-0.4, -0.2) is 13.7 Å². The van der Waals surface area contributed by atoms with E-state index in [0.29, 0.717) is 0 Å². The molecule has 0 fully saturated rings. The number of hydrogen-bond acceptors (Lipinski definition) is 0. The van der Waals surface area contributed by atoms with Crippen LogP contribution in [0.5, 0.6) is 0 Å². The highest BCUT2D eigenvalue weighted by atomic mass is 15.0. The van der Waals surface area contributed by atoms with E-state index in [9.17, 15) is 0 Å². The number of aromatic nitrogens is 3. The van der Waals surface area contributed by atoms with E-state index in [1.165, 1.54) is 98.8 Å². The van der Waals surface area contributed by atoms with Crippen molar-refractivity contribution in [2.45, 2.75) is 47.8 Å². The highest BCUT2D eigenvalue weighted by molar-refractivity contribution is 6.11. The zero-order valence-corrected chi connectivity index (χ0v) is 29.3. The second-order valence-electron chi connectivity index (χ2n) is 13.8. The van der Waals surface area contributed by atoms with Crippen molar-refractivity contribution >= 4 is 65.4 Å². The molecule has 0 saturated carbocycles. The summed E-state index contributed by atoms with van der Waals surface area (Å²) in [5.74, 6) is 0. The number of para-hydroxylation sites is 3. The lowest BCUT2D eigenvalue weighted by atomic mass is 9.92. The minimum absolute atomic E-state index is 0. The van der Waals surface area contributed by atoms with Gasteiger partial charge < -0.3 is 13.7 Å². The van der Waals surface area contributed by atoms with E-state index in [2.05, 4.69) is 180 Å². The van der Waals surface area contributed by atoms with Gasteiger partial charge in [0, 0.05) is 85.1 Å². The molecule has 10 aromatic rings. The zero-order valence-electron chi connectivity index (χ0n) is 29.3. The van der Waals surface area contributed by atoms with Crippen molar-refractivity contribution in [1.29, 1.82) is 0 Å². The minimum atomic E-state index is 0. The minimum Gasteiger partial charge on any atom is -0.341 e. The van der Waals surface area contributed by atoms with Crippen LogP contribution in [0, 0.1) is 0 Å². The normalized spacial score (nSPS) is 11.8. The number of rotatable bonds is 6. The van der Waals surface area contributed by atoms with E-state index >= 15 is 0 Å². The fourth-order valence-electron chi connectivity index (χ4n) is 8.84. The molecule has 3 heteroatoms. The number of nitrogens with zero attached hydrogens (tertiary/aromatic N) is 3. The van der Waals surface area contributed by atoms with E-state index in [1.807, 2.05) is 0 Å². The Balaban J connectivity index is 0.00000360. The van der Waals surface area contributed by atoms with Crippen LogP contribution in [0.25, 0.3) is 98.8 Å². The number of aryl methyl sites for hydroxylation is 3. The average Bonchev–Trinajstić information content (AvgIpc) is 3.81. The number of fused-ring (bicyclic) bond motifs is 9. The smallest absolute Gasteiger partial charge is 0.0497 e. The predicted molar refractivity (Wildman–Crippen MR) is 226 cm³/mol. The first-order valence-corrected chi connectivity index (χ1v) is 18.3. The average molecular weight is 674 g/mol. The molecule has 3 aromatic heterocycles. The van der Waals surface area contributed by atoms with Crippen LogP contribution in [0.2, 0.25) is 0 Å². The molecule has 3 nitrogen and oxygen atoms in total. The van der Waals surface area contributed by atoms with Gasteiger partial charge in [-0.1, -0.05) is 98.4 Å². The van der Waals surface area contributed by atoms with E-state index in [4.69, 9.17) is 0 Å². The SMILES string of the molecule is C.CCn1c2ccccc2c2ccc(-c3cc(-c4ccc5c6ccccc6n(CC)c5c4)cc(-c4ccc5c6ccccc6n(CC)c5c4)c3)cc21. The van der Waals surface area contributed by atoms with E-state index < -0.39 is 0 Å². The summed E-state index contributed by atoms with van der Waals surface area (Å²) in [5.41, 5.74) is 15.1. The second-order valence-corrected chi connectivity index (χ2v) is 13.8. The van der Waals surface area contributed by atoms with Crippen molar-refractivity contribution in [3.05, 3.63) is 146 Å². The maximum Gasteiger partial charge on any atom is 0.0497 e. The topological polar surface area (TPSA) is 14.8 Å². The monoisotopic (exact) mass is 673 g/mol. The van der Waals surface area contributed by atoms with Crippen molar-refractivity contribution in [2.24, 2.45) is 0 Å². The molecule has 0 amide bonds. The molecule has 0 saturated heterocycles. The molecule has 0 spiro atoms. The molecule has 0 aliphatic carbocycles. The van der Waals surface area contributed by atoms with Crippen LogP contribution in [0.1, 0.15) is 28.2 Å². The van der Waals surface area contributed by atoms with Gasteiger partial charge in [0.2, 0.25) is 0 Å². The first kappa shape index (κ1) is 31.9. The van der Waals surface area contributed by atoms with Gasteiger partial charge in [0.15, 0.2) is 0 Å². The maximum atomic E-state index is 2.45. The zero-order chi connectivity index (χ0) is 34.2. The van der Waals surface area contributed by atoms with Crippen LogP contribution >= 0.6 is 0 Å². The van der Waals surface area contributed by atoms with Crippen molar-refractivity contribution in [1.82, 2.24) is 13.7 Å². The van der Waals surface area contributed by atoms with Crippen molar-refractivity contribution in [2.75, 3.05) is 0 Å². The fourth-order valence-corrected chi connectivity index (χ4v) is 8.84. The molecule has 0 unspecified atom stereocenters. The van der Waals surface area contributed by atoms with Gasteiger partial charge in [0.05, 0.1) is 0 Å². The number of benzene rings is 7. The van der Waals surface area contributed by atoms with Crippen LogP contribution in [0.4, 0.5) is 0 Å². The highest BCUT2D eigenvalue weighted by Gasteiger charge is 2.16. The third kappa shape index (κ3) is 4.65. The lowest BCUT2D eigenvalue weighted by Crippen LogP contribution is -1.94. The van der Waals surface area contributed by atoms with E-state index in [-0.39, 0.29) is 7.43 Å². The maximum absolute atomic E-state index is 2.45. The third-order valence-corrected chi connectivity index (χ3v) is 11.2. The molecule has 254 valence electrons. The molecule has 10 rings (SSSR count). The van der Waals surface area contributed by atoms with Crippen LogP contribution in [0.15, 0.2) is 146 Å². The Bertz CT molecular complexity index is 2650. The lowest BCUT2D eigenvalue weighted by molar-refractivity contribution is 0.827.